The molecule has 0 N–H and O–H groups in total. The van der Waals surface area contributed by atoms with Gasteiger partial charge < -0.3 is 4.74 Å². The molecule has 0 aliphatic carbocycles. The lowest BCUT2D eigenvalue weighted by molar-refractivity contribution is -2.00. The van der Waals surface area contributed by atoms with Crippen LogP contribution in [0.2, 0.25) is 0 Å². The molecule has 0 unspecified atom stereocenters. The predicted molar refractivity (Wildman–Crippen MR) is 66.8 cm³/mol. The average Bonchev–Trinajstić information content (AvgIpc) is 2.84. The van der Waals surface area contributed by atoms with Gasteiger partial charge in [-0.15, -0.1) is 14.8 Å². The third-order valence-corrected chi connectivity index (χ3v) is 2.85. The van der Waals surface area contributed by atoms with Crippen LogP contribution in [0.25, 0.3) is 11.0 Å². The molecule has 128 valence electrons. The number of hydrogen-bond acceptors (Lipinski definition) is 8. The van der Waals surface area contributed by atoms with Crippen molar-refractivity contribution in [3.63, 3.8) is 0 Å². The van der Waals surface area contributed by atoms with E-state index in [1.54, 1.807) is 13.0 Å². The SMILES string of the molecule is CCOC(=O)c1cc(C)[n+]2c3ccccc3nn2n1.[O-][Cl+3]([O-])([O-])[O-]. The summed E-state index contributed by atoms with van der Waals surface area (Å²) in [7, 11) is -4.94. The number of ether oxygens (including phenoxy) is 1. The first-order valence-electron chi connectivity index (χ1n) is 6.67. The summed E-state index contributed by atoms with van der Waals surface area (Å²) in [6.45, 7) is 3.99. The summed E-state index contributed by atoms with van der Waals surface area (Å²) < 4.78 is 42.2. The number of hydrogen-bond donors (Lipinski definition) is 0. The Balaban J connectivity index is 0.000000368. The van der Waals surface area contributed by atoms with E-state index in [9.17, 15) is 4.79 Å². The highest BCUT2D eigenvalue weighted by atomic mass is 35.7. The van der Waals surface area contributed by atoms with Crippen molar-refractivity contribution in [1.29, 1.82) is 0 Å². The minimum atomic E-state index is -4.94. The van der Waals surface area contributed by atoms with Gasteiger partial charge in [-0.3, -0.25) is 0 Å². The molecule has 11 heteroatoms. The number of rotatable bonds is 2. The minimum absolute atomic E-state index is 0.257. The minimum Gasteiger partial charge on any atom is -0.460 e. The van der Waals surface area contributed by atoms with Crippen LogP contribution >= 0.6 is 0 Å². The molecule has 0 saturated carbocycles. The quantitative estimate of drug-likeness (QED) is 0.334. The second-order valence-electron chi connectivity index (χ2n) is 4.54. The molecule has 0 atom stereocenters. The van der Waals surface area contributed by atoms with Crippen molar-refractivity contribution in [1.82, 2.24) is 14.9 Å². The van der Waals surface area contributed by atoms with Gasteiger partial charge in [-0.25, -0.2) is 23.4 Å². The molecule has 10 nitrogen and oxygen atoms in total. The van der Waals surface area contributed by atoms with Gasteiger partial charge in [0.25, 0.3) is 5.69 Å². The number of carbonyl (C=O) groups is 1. The Morgan fingerprint density at radius 2 is 1.88 bits per heavy atom. The van der Waals surface area contributed by atoms with Crippen molar-refractivity contribution in [2.24, 2.45) is 0 Å². The maximum Gasteiger partial charge on any atom is 0.376 e. The summed E-state index contributed by atoms with van der Waals surface area (Å²) in [5, 5.41) is 8.53. The molecule has 0 fully saturated rings. The molecule has 0 aliphatic heterocycles. The summed E-state index contributed by atoms with van der Waals surface area (Å²) in [5.41, 5.74) is 2.89. The maximum atomic E-state index is 11.7. The van der Waals surface area contributed by atoms with Crippen molar-refractivity contribution in [2.45, 2.75) is 13.8 Å². The van der Waals surface area contributed by atoms with E-state index in [2.05, 4.69) is 10.2 Å². The smallest absolute Gasteiger partial charge is 0.376 e. The summed E-state index contributed by atoms with van der Waals surface area (Å²) in [5.74, 6) is -0.437. The molecule has 0 saturated heterocycles. The zero-order valence-corrected chi connectivity index (χ0v) is 13.5. The van der Waals surface area contributed by atoms with Gasteiger partial charge in [0.2, 0.25) is 5.52 Å². The fourth-order valence-corrected chi connectivity index (χ4v) is 2.05. The highest BCUT2D eigenvalue weighted by molar-refractivity contribution is 5.87. The molecule has 3 rings (SSSR count). The number of aromatic nitrogens is 4. The van der Waals surface area contributed by atoms with E-state index in [4.69, 9.17) is 23.4 Å². The van der Waals surface area contributed by atoms with E-state index in [1.807, 2.05) is 35.7 Å². The van der Waals surface area contributed by atoms with Gasteiger partial charge in [-0.1, -0.05) is 12.1 Å². The standard InChI is InChI=1S/C13H13N4O2.ClHO4/c1-3-19-13(18)11-8-9(2)16-12-7-5-4-6-10(12)14-17(16)15-11;2-1(3,4)5/h4-8H,3H2,1-2H3;(H,2,3,4,5)/q+1;/p-1. The first-order chi connectivity index (χ1) is 11.2. The van der Waals surface area contributed by atoms with Crippen molar-refractivity contribution in [2.75, 3.05) is 6.61 Å². The number of esters is 1. The van der Waals surface area contributed by atoms with Crippen molar-refractivity contribution >= 4 is 17.0 Å². The monoisotopic (exact) mass is 356 g/mol. The number of nitrogens with zero attached hydrogens (tertiary/aromatic N) is 4. The fourth-order valence-electron chi connectivity index (χ4n) is 2.05. The molecule has 3 aromatic rings. The molecule has 2 aromatic heterocycles. The molecular weight excluding hydrogens is 344 g/mol. The van der Waals surface area contributed by atoms with Crippen LogP contribution < -0.4 is 23.2 Å². The first kappa shape index (κ1) is 18.0. The molecule has 0 bridgehead atoms. The van der Waals surface area contributed by atoms with Crippen LogP contribution in [0, 0.1) is 17.2 Å². The Morgan fingerprint density at radius 3 is 2.50 bits per heavy atom. The average molecular weight is 357 g/mol. The number of aryl methyl sites for hydroxylation is 1. The van der Waals surface area contributed by atoms with Gasteiger partial charge >= 0.3 is 5.97 Å². The topological polar surface area (TPSA) is 153 Å². The third-order valence-electron chi connectivity index (χ3n) is 2.85. The fraction of sp³-hybridized carbons (Fsp3) is 0.231. The maximum absolute atomic E-state index is 11.7. The normalized spacial score (nSPS) is 11.2. The van der Waals surface area contributed by atoms with Gasteiger partial charge in [-0.2, -0.15) is 0 Å². The van der Waals surface area contributed by atoms with Crippen LogP contribution in [-0.4, -0.2) is 27.5 Å². The Kier molecular flexibility index (Phi) is 5.26. The zero-order chi connectivity index (χ0) is 17.9. The summed E-state index contributed by atoms with van der Waals surface area (Å²) in [4.78, 5) is 11.7. The van der Waals surface area contributed by atoms with Gasteiger partial charge in [0, 0.05) is 16.3 Å². The van der Waals surface area contributed by atoms with Crippen LogP contribution in [0.5, 0.6) is 0 Å². The van der Waals surface area contributed by atoms with Crippen LogP contribution in [0.1, 0.15) is 23.1 Å². The Labute approximate surface area is 137 Å². The van der Waals surface area contributed by atoms with Crippen LogP contribution in [0.3, 0.4) is 0 Å². The molecule has 2 heterocycles. The molecular formula is C13H13ClN4O6. The van der Waals surface area contributed by atoms with E-state index in [-0.39, 0.29) is 5.69 Å². The van der Waals surface area contributed by atoms with Crippen molar-refractivity contribution in [3.8, 4) is 0 Å². The lowest BCUT2D eigenvalue weighted by Gasteiger charge is -2.17. The number of para-hydroxylation sites is 1. The van der Waals surface area contributed by atoms with E-state index in [0.717, 1.165) is 16.7 Å². The van der Waals surface area contributed by atoms with Gasteiger partial charge in [0.1, 0.15) is 5.69 Å². The lowest BCUT2D eigenvalue weighted by Crippen LogP contribution is -2.68. The van der Waals surface area contributed by atoms with E-state index >= 15 is 0 Å². The Morgan fingerprint density at radius 1 is 1.25 bits per heavy atom. The highest BCUT2D eigenvalue weighted by Gasteiger charge is 2.20. The number of carbonyl (C=O) groups excluding carboxylic acids is 1. The molecule has 0 amide bonds. The van der Waals surface area contributed by atoms with Gasteiger partial charge in [0.05, 0.1) is 11.4 Å². The van der Waals surface area contributed by atoms with E-state index in [1.165, 1.54) is 4.74 Å². The van der Waals surface area contributed by atoms with Crippen LogP contribution in [0.15, 0.2) is 30.3 Å². The molecule has 0 radical (unpaired) electrons. The van der Waals surface area contributed by atoms with E-state index in [0.29, 0.717) is 6.61 Å². The van der Waals surface area contributed by atoms with Gasteiger partial charge in [0.15, 0.2) is 5.52 Å². The predicted octanol–water partition coefficient (Wildman–Crippen LogP) is -3.80. The Bertz CT molecular complexity index is 870. The largest absolute Gasteiger partial charge is 0.460 e. The molecule has 1 aromatic carbocycles. The Hall–Kier alpha value is -2.37. The summed E-state index contributed by atoms with van der Waals surface area (Å²) in [6.07, 6.45) is 0. The van der Waals surface area contributed by atoms with Crippen LogP contribution in [0.4, 0.5) is 0 Å². The highest BCUT2D eigenvalue weighted by Crippen LogP contribution is 2.07. The molecule has 0 spiro atoms. The van der Waals surface area contributed by atoms with E-state index < -0.39 is 16.2 Å². The molecule has 24 heavy (non-hydrogen) atoms. The first-order valence-corrected chi connectivity index (χ1v) is 7.90. The summed E-state index contributed by atoms with van der Waals surface area (Å²) >= 11 is 0. The number of halogens is 1. The van der Waals surface area contributed by atoms with Gasteiger partial charge in [-0.05, 0) is 26.0 Å². The number of fused-ring (bicyclic) bond motifs is 3. The zero-order valence-electron chi connectivity index (χ0n) is 12.7. The van der Waals surface area contributed by atoms with Crippen LogP contribution in [-0.2, 0) is 4.74 Å². The lowest BCUT2D eigenvalue weighted by atomic mass is 10.3. The molecule has 0 aliphatic rings. The van der Waals surface area contributed by atoms with Crippen molar-refractivity contribution < 1.29 is 42.9 Å². The number of benzene rings is 1. The van der Waals surface area contributed by atoms with Crippen molar-refractivity contribution in [3.05, 3.63) is 41.7 Å². The third kappa shape index (κ3) is 4.34. The second-order valence-corrected chi connectivity index (χ2v) is 5.29. The summed E-state index contributed by atoms with van der Waals surface area (Å²) in [6, 6.07) is 9.42. The second kappa shape index (κ2) is 7.03.